The monoisotopic (exact) mass is 248 g/mol. The first-order valence-corrected chi connectivity index (χ1v) is 6.02. The number of aromatic carboxylic acids is 1. The highest BCUT2D eigenvalue weighted by Crippen LogP contribution is 2.18. The van der Waals surface area contributed by atoms with Gasteiger partial charge in [0, 0.05) is 6.54 Å². The zero-order chi connectivity index (χ0) is 13.0. The third-order valence-corrected chi connectivity index (χ3v) is 3.08. The van der Waals surface area contributed by atoms with E-state index in [9.17, 15) is 9.59 Å². The molecule has 0 aliphatic carbocycles. The van der Waals surface area contributed by atoms with Crippen LogP contribution >= 0.6 is 0 Å². The Labute approximate surface area is 105 Å². The summed E-state index contributed by atoms with van der Waals surface area (Å²) in [5.74, 6) is -1.23. The number of piperidine rings is 1. The zero-order valence-corrected chi connectivity index (χ0v) is 9.98. The Bertz CT molecular complexity index is 453. The molecule has 1 saturated heterocycles. The van der Waals surface area contributed by atoms with E-state index in [-0.39, 0.29) is 17.4 Å². The molecule has 1 atom stereocenters. The van der Waals surface area contributed by atoms with Crippen molar-refractivity contribution < 1.29 is 14.7 Å². The smallest absolute Gasteiger partial charge is 0.337 e. The average molecular weight is 248 g/mol. The topological polar surface area (TPSA) is 78.4 Å². The summed E-state index contributed by atoms with van der Waals surface area (Å²) in [4.78, 5) is 23.0. The number of anilines is 1. The van der Waals surface area contributed by atoms with E-state index in [1.54, 1.807) is 18.2 Å². The van der Waals surface area contributed by atoms with Crippen LogP contribution in [0.15, 0.2) is 24.3 Å². The van der Waals surface area contributed by atoms with Gasteiger partial charge in [0.2, 0.25) is 5.91 Å². The van der Waals surface area contributed by atoms with E-state index in [1.165, 1.54) is 6.07 Å². The van der Waals surface area contributed by atoms with Crippen LogP contribution in [0.1, 0.15) is 23.2 Å². The van der Waals surface area contributed by atoms with Gasteiger partial charge in [0.25, 0.3) is 0 Å². The van der Waals surface area contributed by atoms with E-state index in [4.69, 9.17) is 5.11 Å². The number of rotatable bonds is 3. The van der Waals surface area contributed by atoms with Crippen LogP contribution < -0.4 is 10.6 Å². The minimum absolute atomic E-state index is 0.0828. The quantitative estimate of drug-likeness (QED) is 0.754. The van der Waals surface area contributed by atoms with Gasteiger partial charge in [0.15, 0.2) is 0 Å². The lowest BCUT2D eigenvalue weighted by Crippen LogP contribution is -2.37. The number of carboxylic acids is 1. The van der Waals surface area contributed by atoms with Crippen LogP contribution in [-0.4, -0.2) is 30.1 Å². The molecule has 1 fully saturated rings. The number of para-hydroxylation sites is 1. The maximum Gasteiger partial charge on any atom is 0.337 e. The zero-order valence-electron chi connectivity index (χ0n) is 9.98. The molecule has 1 heterocycles. The fraction of sp³-hybridized carbons (Fsp3) is 0.385. The minimum atomic E-state index is -1.03. The predicted molar refractivity (Wildman–Crippen MR) is 67.6 cm³/mol. The molecular formula is C13H16N2O3. The number of carbonyl (C=O) groups is 2. The molecule has 1 aromatic rings. The van der Waals surface area contributed by atoms with Crippen molar-refractivity contribution in [1.29, 1.82) is 0 Å². The Kier molecular flexibility index (Phi) is 3.94. The van der Waals surface area contributed by atoms with Gasteiger partial charge in [-0.2, -0.15) is 0 Å². The van der Waals surface area contributed by atoms with Crippen molar-refractivity contribution in [2.75, 3.05) is 18.4 Å². The molecule has 3 N–H and O–H groups in total. The molecule has 1 aromatic carbocycles. The van der Waals surface area contributed by atoms with Crippen molar-refractivity contribution in [2.24, 2.45) is 5.92 Å². The molecule has 5 nitrogen and oxygen atoms in total. The third-order valence-electron chi connectivity index (χ3n) is 3.08. The summed E-state index contributed by atoms with van der Waals surface area (Å²) in [6.07, 6.45) is 1.81. The summed E-state index contributed by atoms with van der Waals surface area (Å²) in [5, 5.41) is 14.9. The molecular weight excluding hydrogens is 232 g/mol. The fourth-order valence-corrected chi connectivity index (χ4v) is 2.09. The summed E-state index contributed by atoms with van der Waals surface area (Å²) in [5.41, 5.74) is 0.482. The lowest BCUT2D eigenvalue weighted by molar-refractivity contribution is -0.120. The Balaban J connectivity index is 2.08. The van der Waals surface area contributed by atoms with Gasteiger partial charge in [0.1, 0.15) is 0 Å². The highest BCUT2D eigenvalue weighted by Gasteiger charge is 2.22. The Hall–Kier alpha value is -1.88. The lowest BCUT2D eigenvalue weighted by atomic mass is 9.98. The van der Waals surface area contributed by atoms with E-state index >= 15 is 0 Å². The number of nitrogens with one attached hydrogen (secondary N) is 2. The first kappa shape index (κ1) is 12.6. The number of carbonyl (C=O) groups excluding carboxylic acids is 1. The standard InChI is InChI=1S/C13H16N2O3/c16-12(9-4-3-7-14-8-9)15-11-6-2-1-5-10(11)13(17)18/h1-2,5-6,9,14H,3-4,7-8H2,(H,15,16)(H,17,18). The lowest BCUT2D eigenvalue weighted by Gasteiger charge is -2.22. The second kappa shape index (κ2) is 5.64. The molecule has 1 aliphatic heterocycles. The average Bonchev–Trinajstić information content (AvgIpc) is 2.40. The van der Waals surface area contributed by atoms with Crippen molar-refractivity contribution in [1.82, 2.24) is 5.32 Å². The van der Waals surface area contributed by atoms with E-state index in [0.29, 0.717) is 12.2 Å². The van der Waals surface area contributed by atoms with E-state index in [2.05, 4.69) is 10.6 Å². The van der Waals surface area contributed by atoms with Crippen LogP contribution in [0, 0.1) is 5.92 Å². The highest BCUT2D eigenvalue weighted by molar-refractivity contribution is 6.01. The number of benzene rings is 1. The van der Waals surface area contributed by atoms with E-state index in [1.807, 2.05) is 0 Å². The highest BCUT2D eigenvalue weighted by atomic mass is 16.4. The minimum Gasteiger partial charge on any atom is -0.478 e. The Morgan fingerprint density at radius 1 is 1.33 bits per heavy atom. The second-order valence-electron chi connectivity index (χ2n) is 4.38. The van der Waals surface area contributed by atoms with Crippen molar-refractivity contribution in [2.45, 2.75) is 12.8 Å². The molecule has 0 aromatic heterocycles. The molecule has 0 radical (unpaired) electrons. The maximum absolute atomic E-state index is 12.0. The van der Waals surface area contributed by atoms with Crippen LogP contribution in [-0.2, 0) is 4.79 Å². The van der Waals surface area contributed by atoms with Gasteiger partial charge in [0.05, 0.1) is 17.2 Å². The van der Waals surface area contributed by atoms with Gasteiger partial charge < -0.3 is 15.7 Å². The Morgan fingerprint density at radius 3 is 2.78 bits per heavy atom. The molecule has 96 valence electrons. The van der Waals surface area contributed by atoms with Crippen LogP contribution in [0.25, 0.3) is 0 Å². The number of amides is 1. The first-order chi connectivity index (χ1) is 8.68. The maximum atomic E-state index is 12.0. The fourth-order valence-electron chi connectivity index (χ4n) is 2.09. The van der Waals surface area contributed by atoms with Gasteiger partial charge in [-0.3, -0.25) is 4.79 Å². The summed E-state index contributed by atoms with van der Waals surface area (Å²) < 4.78 is 0. The first-order valence-electron chi connectivity index (χ1n) is 6.02. The molecule has 1 amide bonds. The molecule has 1 aliphatic rings. The number of hydrogen-bond acceptors (Lipinski definition) is 3. The van der Waals surface area contributed by atoms with E-state index in [0.717, 1.165) is 19.4 Å². The third kappa shape index (κ3) is 2.87. The summed E-state index contributed by atoms with van der Waals surface area (Å²) in [6.45, 7) is 1.59. The summed E-state index contributed by atoms with van der Waals surface area (Å²) in [7, 11) is 0. The Morgan fingerprint density at radius 2 is 2.11 bits per heavy atom. The number of carboxylic acid groups (broad SMARTS) is 1. The number of hydrogen-bond donors (Lipinski definition) is 3. The normalized spacial score (nSPS) is 19.2. The van der Waals surface area contributed by atoms with Gasteiger partial charge in [-0.25, -0.2) is 4.79 Å². The van der Waals surface area contributed by atoms with Gasteiger partial charge in [-0.1, -0.05) is 12.1 Å². The predicted octanol–water partition coefficient (Wildman–Crippen LogP) is 1.32. The van der Waals surface area contributed by atoms with Crippen LogP contribution in [0.2, 0.25) is 0 Å². The molecule has 0 saturated carbocycles. The largest absolute Gasteiger partial charge is 0.478 e. The van der Waals surface area contributed by atoms with Crippen molar-refractivity contribution >= 4 is 17.6 Å². The van der Waals surface area contributed by atoms with Crippen LogP contribution in [0.5, 0.6) is 0 Å². The van der Waals surface area contributed by atoms with Crippen LogP contribution in [0.4, 0.5) is 5.69 Å². The van der Waals surface area contributed by atoms with Crippen molar-refractivity contribution in [3.05, 3.63) is 29.8 Å². The molecule has 1 unspecified atom stereocenters. The van der Waals surface area contributed by atoms with Gasteiger partial charge >= 0.3 is 5.97 Å². The van der Waals surface area contributed by atoms with Crippen molar-refractivity contribution in [3.63, 3.8) is 0 Å². The molecule has 18 heavy (non-hydrogen) atoms. The molecule has 5 heteroatoms. The van der Waals surface area contributed by atoms with Gasteiger partial charge in [-0.15, -0.1) is 0 Å². The van der Waals surface area contributed by atoms with Crippen LogP contribution in [0.3, 0.4) is 0 Å². The molecule has 2 rings (SSSR count). The SMILES string of the molecule is O=C(O)c1ccccc1NC(=O)C1CCCNC1. The molecule has 0 spiro atoms. The summed E-state index contributed by atoms with van der Waals surface area (Å²) in [6, 6.07) is 6.44. The second-order valence-corrected chi connectivity index (χ2v) is 4.38. The van der Waals surface area contributed by atoms with E-state index < -0.39 is 5.97 Å². The van der Waals surface area contributed by atoms with Gasteiger partial charge in [-0.05, 0) is 31.5 Å². The molecule has 0 bridgehead atoms. The van der Waals surface area contributed by atoms with Crippen molar-refractivity contribution in [3.8, 4) is 0 Å². The summed E-state index contributed by atoms with van der Waals surface area (Å²) >= 11 is 0.